The number of hydrogen-bond acceptors (Lipinski definition) is 7. The van der Waals surface area contributed by atoms with Gasteiger partial charge in [-0.1, -0.05) is 13.3 Å². The van der Waals surface area contributed by atoms with Gasteiger partial charge in [-0.2, -0.15) is 0 Å². The first-order valence-electron chi connectivity index (χ1n) is 7.51. The van der Waals surface area contributed by atoms with Crippen molar-refractivity contribution in [2.75, 3.05) is 60.0 Å². The standard InChI is InChI=1S/C13H29BO7/c1-4-6-7-20-21-13-12-19-14(17-10-8-15-3)18-11-9-16-5-2/h4-13H2,1-3H3. The van der Waals surface area contributed by atoms with Crippen molar-refractivity contribution in [3.8, 4) is 0 Å². The molecule has 7 nitrogen and oxygen atoms in total. The molecule has 0 saturated carbocycles. The van der Waals surface area contributed by atoms with Gasteiger partial charge in [0.2, 0.25) is 0 Å². The summed E-state index contributed by atoms with van der Waals surface area (Å²) in [4.78, 5) is 9.94. The molecule has 126 valence electrons. The second-order valence-corrected chi connectivity index (χ2v) is 4.09. The molecular weight excluding hydrogens is 279 g/mol. The predicted molar refractivity (Wildman–Crippen MR) is 78.8 cm³/mol. The van der Waals surface area contributed by atoms with E-state index in [9.17, 15) is 0 Å². The van der Waals surface area contributed by atoms with Crippen molar-refractivity contribution in [2.24, 2.45) is 0 Å². The van der Waals surface area contributed by atoms with Gasteiger partial charge in [0, 0.05) is 13.7 Å². The van der Waals surface area contributed by atoms with Crippen LogP contribution >= 0.6 is 0 Å². The normalized spacial score (nSPS) is 11.0. The largest absolute Gasteiger partial charge is 0.639 e. The number of methoxy groups -OCH3 is 1. The second-order valence-electron chi connectivity index (χ2n) is 4.09. The molecule has 0 aliphatic carbocycles. The summed E-state index contributed by atoms with van der Waals surface area (Å²) in [6, 6.07) is 0. The number of hydrogen-bond donors (Lipinski definition) is 0. The van der Waals surface area contributed by atoms with Gasteiger partial charge >= 0.3 is 7.32 Å². The van der Waals surface area contributed by atoms with Gasteiger partial charge in [-0.3, -0.25) is 0 Å². The second kappa shape index (κ2) is 17.8. The summed E-state index contributed by atoms with van der Waals surface area (Å²) in [6.07, 6.45) is 2.05. The quantitative estimate of drug-likeness (QED) is 0.174. The van der Waals surface area contributed by atoms with E-state index in [0.29, 0.717) is 52.9 Å². The lowest BCUT2D eigenvalue weighted by molar-refractivity contribution is -0.297. The predicted octanol–water partition coefficient (Wildman–Crippen LogP) is 1.45. The minimum atomic E-state index is -0.750. The lowest BCUT2D eigenvalue weighted by Gasteiger charge is -2.14. The molecular formula is C13H29BO7. The van der Waals surface area contributed by atoms with E-state index in [1.807, 2.05) is 6.92 Å². The van der Waals surface area contributed by atoms with Crippen molar-refractivity contribution >= 4 is 7.32 Å². The molecule has 21 heavy (non-hydrogen) atoms. The van der Waals surface area contributed by atoms with E-state index in [2.05, 4.69) is 6.92 Å². The smallest absolute Gasteiger partial charge is 0.383 e. The van der Waals surface area contributed by atoms with Crippen molar-refractivity contribution in [1.29, 1.82) is 0 Å². The third-order valence-electron chi connectivity index (χ3n) is 2.31. The molecule has 0 atom stereocenters. The van der Waals surface area contributed by atoms with Gasteiger partial charge in [0.25, 0.3) is 0 Å². The Labute approximate surface area is 128 Å². The molecule has 0 aliphatic rings. The van der Waals surface area contributed by atoms with Crippen LogP contribution in [0.3, 0.4) is 0 Å². The summed E-state index contributed by atoms with van der Waals surface area (Å²) in [6.45, 7) is 7.68. The molecule has 0 amide bonds. The maximum atomic E-state index is 5.41. The van der Waals surface area contributed by atoms with Gasteiger partial charge in [-0.15, -0.1) is 0 Å². The summed E-state index contributed by atoms with van der Waals surface area (Å²) < 4.78 is 26.3. The molecule has 0 saturated heterocycles. The zero-order valence-corrected chi connectivity index (χ0v) is 13.5. The monoisotopic (exact) mass is 308 g/mol. The fourth-order valence-electron chi connectivity index (χ4n) is 1.22. The van der Waals surface area contributed by atoms with Gasteiger partial charge in [0.1, 0.15) is 6.61 Å². The van der Waals surface area contributed by atoms with Crippen LogP contribution in [0, 0.1) is 0 Å². The first kappa shape index (κ1) is 20.8. The molecule has 0 aromatic heterocycles. The summed E-state index contributed by atoms with van der Waals surface area (Å²) in [7, 11) is 0.858. The minimum Gasteiger partial charge on any atom is -0.383 e. The molecule has 0 rings (SSSR count). The molecule has 0 radical (unpaired) electrons. The zero-order valence-electron chi connectivity index (χ0n) is 13.5. The van der Waals surface area contributed by atoms with Crippen LogP contribution in [0.2, 0.25) is 0 Å². The number of unbranched alkanes of at least 4 members (excludes halogenated alkanes) is 1. The van der Waals surface area contributed by atoms with Gasteiger partial charge < -0.3 is 23.4 Å². The molecule has 0 heterocycles. The summed E-state index contributed by atoms with van der Waals surface area (Å²) in [5.74, 6) is 0. The first-order valence-corrected chi connectivity index (χ1v) is 7.51. The molecule has 0 bridgehead atoms. The average molecular weight is 308 g/mol. The van der Waals surface area contributed by atoms with E-state index in [-0.39, 0.29) is 0 Å². The van der Waals surface area contributed by atoms with Crippen LogP contribution in [-0.4, -0.2) is 67.3 Å². The Morgan fingerprint density at radius 2 is 1.33 bits per heavy atom. The van der Waals surface area contributed by atoms with Crippen molar-refractivity contribution in [3.63, 3.8) is 0 Å². The van der Waals surface area contributed by atoms with E-state index >= 15 is 0 Å². The van der Waals surface area contributed by atoms with E-state index in [0.717, 1.165) is 12.8 Å². The maximum Gasteiger partial charge on any atom is 0.639 e. The molecule has 0 fully saturated rings. The Bertz CT molecular complexity index is 197. The fraction of sp³-hybridized carbons (Fsp3) is 1.00. The van der Waals surface area contributed by atoms with Gasteiger partial charge in [0.05, 0.1) is 39.6 Å². The van der Waals surface area contributed by atoms with Crippen LogP contribution in [0.5, 0.6) is 0 Å². The Balaban J connectivity index is 3.61. The zero-order chi connectivity index (χ0) is 15.6. The summed E-state index contributed by atoms with van der Waals surface area (Å²) >= 11 is 0. The summed E-state index contributed by atoms with van der Waals surface area (Å²) in [5, 5.41) is 0. The Kier molecular flexibility index (Phi) is 17.7. The number of ether oxygens (including phenoxy) is 2. The Morgan fingerprint density at radius 1 is 0.714 bits per heavy atom. The third kappa shape index (κ3) is 16.0. The lowest BCUT2D eigenvalue weighted by Crippen LogP contribution is -2.31. The third-order valence-corrected chi connectivity index (χ3v) is 2.31. The van der Waals surface area contributed by atoms with Gasteiger partial charge in [-0.25, -0.2) is 9.78 Å². The van der Waals surface area contributed by atoms with E-state index in [1.165, 1.54) is 0 Å². The molecule has 0 unspecified atom stereocenters. The minimum absolute atomic E-state index is 0.318. The molecule has 0 spiro atoms. The van der Waals surface area contributed by atoms with Crippen LogP contribution in [0.15, 0.2) is 0 Å². The van der Waals surface area contributed by atoms with E-state index < -0.39 is 7.32 Å². The van der Waals surface area contributed by atoms with Crippen molar-refractivity contribution < 1.29 is 33.2 Å². The van der Waals surface area contributed by atoms with Crippen molar-refractivity contribution in [2.45, 2.75) is 26.7 Å². The summed E-state index contributed by atoms with van der Waals surface area (Å²) in [5.41, 5.74) is 0. The fourth-order valence-corrected chi connectivity index (χ4v) is 1.22. The van der Waals surface area contributed by atoms with E-state index in [1.54, 1.807) is 7.11 Å². The molecule has 8 heteroatoms. The molecule has 0 N–H and O–H groups in total. The SMILES string of the molecule is CCCCOOCCOB(OCCOC)OCCOCC. The first-order chi connectivity index (χ1) is 10.3. The van der Waals surface area contributed by atoms with Crippen molar-refractivity contribution in [1.82, 2.24) is 0 Å². The topological polar surface area (TPSA) is 64.6 Å². The lowest BCUT2D eigenvalue weighted by atomic mass is 10.2. The highest BCUT2D eigenvalue weighted by Crippen LogP contribution is 1.95. The highest BCUT2D eigenvalue weighted by atomic mass is 17.2. The van der Waals surface area contributed by atoms with Crippen LogP contribution in [-0.2, 0) is 33.2 Å². The van der Waals surface area contributed by atoms with Crippen LogP contribution < -0.4 is 0 Å². The van der Waals surface area contributed by atoms with Crippen LogP contribution in [0.4, 0.5) is 0 Å². The number of rotatable bonds is 17. The van der Waals surface area contributed by atoms with Crippen molar-refractivity contribution in [3.05, 3.63) is 0 Å². The maximum absolute atomic E-state index is 5.41. The van der Waals surface area contributed by atoms with Gasteiger partial charge in [-0.05, 0) is 13.3 Å². The molecule has 0 aromatic carbocycles. The molecule has 0 aliphatic heterocycles. The van der Waals surface area contributed by atoms with Crippen LogP contribution in [0.1, 0.15) is 26.7 Å². The average Bonchev–Trinajstić information content (AvgIpc) is 2.50. The van der Waals surface area contributed by atoms with Gasteiger partial charge in [0.15, 0.2) is 0 Å². The molecule has 0 aromatic rings. The highest BCUT2D eigenvalue weighted by molar-refractivity contribution is 6.36. The Hall–Kier alpha value is -0.215. The van der Waals surface area contributed by atoms with E-state index in [4.69, 9.17) is 33.2 Å². The highest BCUT2D eigenvalue weighted by Gasteiger charge is 2.21. The van der Waals surface area contributed by atoms with Crippen LogP contribution in [0.25, 0.3) is 0 Å². The Morgan fingerprint density at radius 3 is 1.95 bits per heavy atom.